The molecule has 0 atom stereocenters. The van der Waals surface area contributed by atoms with E-state index in [1.807, 2.05) is 20.8 Å². The summed E-state index contributed by atoms with van der Waals surface area (Å²) in [5, 5.41) is 4.17. The molecule has 1 aliphatic heterocycles. The quantitative estimate of drug-likeness (QED) is 0.187. The molecule has 1 heterocycles. The molecule has 0 aromatic heterocycles. The van der Waals surface area contributed by atoms with E-state index in [1.54, 1.807) is 6.08 Å². The second-order valence-electron chi connectivity index (χ2n) is 11.4. The van der Waals surface area contributed by atoms with Crippen LogP contribution in [0, 0.1) is 23.5 Å². The number of aliphatic imine (C=N–C) groups is 1. The molecule has 0 saturated carbocycles. The number of rotatable bonds is 12. The predicted octanol–water partition coefficient (Wildman–Crippen LogP) is 12.1. The first-order chi connectivity index (χ1) is 20.8. The van der Waals surface area contributed by atoms with Gasteiger partial charge in [0, 0.05) is 12.1 Å². The molecule has 0 fully saturated rings. The Morgan fingerprint density at radius 1 is 1.00 bits per heavy atom. The molecule has 0 radical (unpaired) electrons. The van der Waals surface area contributed by atoms with Gasteiger partial charge in [0.15, 0.2) is 17.4 Å². The number of amidine groups is 1. The Hall–Kier alpha value is -2.89. The van der Waals surface area contributed by atoms with E-state index in [1.165, 1.54) is 69.9 Å². The van der Waals surface area contributed by atoms with Gasteiger partial charge in [-0.3, -0.25) is 15.2 Å². The number of nitrogens with one attached hydrogen (secondary N) is 1. The van der Waals surface area contributed by atoms with Gasteiger partial charge in [0.1, 0.15) is 5.84 Å². The SMILES string of the molecule is C/C=C(\C)C1=NNC(=NCC)C1.C=CC(=C)C.CC(=O)c1ccc(F)c(F)c1.CCC(C)C.CCCCC(CCC)CCC. The zero-order valence-electron chi connectivity index (χ0n) is 30.1. The third-order valence-electron chi connectivity index (χ3n) is 6.74. The predicted molar refractivity (Wildman–Crippen MR) is 192 cm³/mol. The summed E-state index contributed by atoms with van der Waals surface area (Å²) in [4.78, 5) is 14.9. The van der Waals surface area contributed by atoms with Crippen LogP contribution in [0.2, 0.25) is 0 Å². The molecule has 4 nitrogen and oxygen atoms in total. The normalized spacial score (nSPS) is 12.8. The number of hydrogen-bond acceptors (Lipinski definition) is 3. The number of hydrazone groups is 1. The van der Waals surface area contributed by atoms with E-state index in [0.29, 0.717) is 0 Å². The highest BCUT2D eigenvalue weighted by atomic mass is 19.2. The Labute approximate surface area is 270 Å². The van der Waals surface area contributed by atoms with Gasteiger partial charge < -0.3 is 0 Å². The van der Waals surface area contributed by atoms with Gasteiger partial charge in [0.25, 0.3) is 0 Å². The van der Waals surface area contributed by atoms with Gasteiger partial charge >= 0.3 is 0 Å². The van der Waals surface area contributed by atoms with Crippen LogP contribution in [-0.4, -0.2) is 23.9 Å². The van der Waals surface area contributed by atoms with Crippen molar-refractivity contribution in [2.75, 3.05) is 6.54 Å². The van der Waals surface area contributed by atoms with Gasteiger partial charge in [-0.15, -0.1) is 0 Å². The molecular formula is C38H65F2N3O. The van der Waals surface area contributed by atoms with Crippen LogP contribution in [0.3, 0.4) is 0 Å². The molecular weight excluding hydrogens is 552 g/mol. The summed E-state index contributed by atoms with van der Waals surface area (Å²) in [5.41, 5.74) is 6.45. The fraction of sp³-hybridized carbons (Fsp3) is 0.605. The number of hydrogen-bond donors (Lipinski definition) is 1. The summed E-state index contributed by atoms with van der Waals surface area (Å²) in [6.07, 6.45) is 15.9. The molecule has 1 aromatic carbocycles. The maximum Gasteiger partial charge on any atom is 0.159 e. The van der Waals surface area contributed by atoms with Crippen molar-refractivity contribution in [2.45, 2.75) is 134 Å². The van der Waals surface area contributed by atoms with Gasteiger partial charge in [-0.1, -0.05) is 124 Å². The minimum Gasteiger partial charge on any atom is -0.295 e. The molecule has 1 aliphatic rings. The highest BCUT2D eigenvalue weighted by Crippen LogP contribution is 2.19. The lowest BCUT2D eigenvalue weighted by atomic mass is 9.93. The molecule has 1 N–H and O–H groups in total. The Morgan fingerprint density at radius 3 is 1.91 bits per heavy atom. The summed E-state index contributed by atoms with van der Waals surface area (Å²) in [7, 11) is 0. The first kappa shape index (κ1) is 45.5. The summed E-state index contributed by atoms with van der Waals surface area (Å²) in [6.45, 7) is 30.7. The number of benzene rings is 1. The summed E-state index contributed by atoms with van der Waals surface area (Å²) in [6, 6.07) is 3.07. The zero-order valence-corrected chi connectivity index (χ0v) is 30.1. The lowest BCUT2D eigenvalue weighted by Crippen LogP contribution is -2.11. The Balaban J connectivity index is -0.000000499. The number of halogens is 2. The first-order valence-corrected chi connectivity index (χ1v) is 16.5. The van der Waals surface area contributed by atoms with Gasteiger partial charge in [-0.05, 0) is 70.2 Å². The minimum atomic E-state index is -0.988. The fourth-order valence-electron chi connectivity index (χ4n) is 3.50. The second-order valence-corrected chi connectivity index (χ2v) is 11.4. The van der Waals surface area contributed by atoms with E-state index in [2.05, 4.69) is 83.2 Å². The van der Waals surface area contributed by atoms with Crippen molar-refractivity contribution in [1.29, 1.82) is 0 Å². The third-order valence-corrected chi connectivity index (χ3v) is 6.74. The number of Topliss-reactive ketones (excluding diaryl/α,β-unsaturated/α-hetero) is 1. The van der Waals surface area contributed by atoms with E-state index < -0.39 is 11.6 Å². The van der Waals surface area contributed by atoms with Gasteiger partial charge in [0.2, 0.25) is 0 Å². The van der Waals surface area contributed by atoms with E-state index >= 15 is 0 Å². The topological polar surface area (TPSA) is 53.8 Å². The lowest BCUT2D eigenvalue weighted by molar-refractivity contribution is 0.101. The molecule has 0 spiro atoms. The molecule has 0 bridgehead atoms. The van der Waals surface area contributed by atoms with Crippen LogP contribution in [0.4, 0.5) is 8.78 Å². The van der Waals surface area contributed by atoms with Crippen LogP contribution in [0.1, 0.15) is 144 Å². The molecule has 0 unspecified atom stereocenters. The van der Waals surface area contributed by atoms with E-state index in [-0.39, 0.29) is 11.3 Å². The van der Waals surface area contributed by atoms with Crippen molar-refractivity contribution in [3.8, 4) is 0 Å². The van der Waals surface area contributed by atoms with Crippen molar-refractivity contribution in [3.63, 3.8) is 0 Å². The summed E-state index contributed by atoms with van der Waals surface area (Å²) >= 11 is 0. The zero-order chi connectivity index (χ0) is 34.5. The largest absolute Gasteiger partial charge is 0.295 e. The molecule has 6 heteroatoms. The van der Waals surface area contributed by atoms with Gasteiger partial charge in [0.05, 0.1) is 12.1 Å². The number of carbonyl (C=O) groups excluding carboxylic acids is 1. The standard InChI is InChI=1S/C11H24.C9H15N3.C8H6F2O.C5H12.C5H8/c1-4-7-10-11(8-5-2)9-6-3;1-4-7(3)8-6-9(10-5-2)12-11-8;1-5(11)6-2-3-7(9)8(10)4-6;2*1-4-5(2)3/h11H,4-10H2,1-3H3;4H,5-6H2,1-3H3,(H,10,12);2-4H,1H3;5H,4H2,1-3H3;4H,1-2H2,3H3/b;7-4+;;;. The van der Waals surface area contributed by atoms with Crippen molar-refractivity contribution in [2.24, 2.45) is 21.9 Å². The molecule has 44 heavy (non-hydrogen) atoms. The number of unbranched alkanes of at least 4 members (excludes halogenated alkanes) is 1. The van der Waals surface area contributed by atoms with Crippen LogP contribution in [-0.2, 0) is 0 Å². The van der Waals surface area contributed by atoms with Crippen LogP contribution < -0.4 is 5.43 Å². The Morgan fingerprint density at radius 2 is 1.55 bits per heavy atom. The van der Waals surface area contributed by atoms with Crippen LogP contribution >= 0.6 is 0 Å². The molecule has 2 rings (SSSR count). The van der Waals surface area contributed by atoms with Crippen LogP contribution in [0.15, 0.2) is 64.7 Å². The minimum absolute atomic E-state index is 0.184. The van der Waals surface area contributed by atoms with E-state index in [4.69, 9.17) is 0 Å². The number of carbonyl (C=O) groups is 1. The van der Waals surface area contributed by atoms with Crippen molar-refractivity contribution in [1.82, 2.24) is 5.43 Å². The van der Waals surface area contributed by atoms with E-state index in [9.17, 15) is 13.6 Å². The summed E-state index contributed by atoms with van der Waals surface area (Å²) in [5.74, 6) is 0.699. The summed E-state index contributed by atoms with van der Waals surface area (Å²) < 4.78 is 24.7. The number of ketones is 1. The monoisotopic (exact) mass is 618 g/mol. The second kappa shape index (κ2) is 30.1. The third kappa shape index (κ3) is 26.7. The van der Waals surface area contributed by atoms with Gasteiger partial charge in [-0.25, -0.2) is 8.78 Å². The molecule has 1 aromatic rings. The average Bonchev–Trinajstić information content (AvgIpc) is 3.47. The number of allylic oxidation sites excluding steroid dienone is 4. The van der Waals surface area contributed by atoms with Crippen LogP contribution in [0.25, 0.3) is 0 Å². The van der Waals surface area contributed by atoms with Crippen molar-refractivity contribution >= 4 is 17.3 Å². The first-order valence-electron chi connectivity index (χ1n) is 16.5. The van der Waals surface area contributed by atoms with Crippen molar-refractivity contribution in [3.05, 3.63) is 71.9 Å². The van der Waals surface area contributed by atoms with E-state index in [0.717, 1.165) is 54.1 Å². The van der Waals surface area contributed by atoms with Crippen LogP contribution in [0.5, 0.6) is 0 Å². The number of nitrogens with zero attached hydrogens (tertiary/aromatic N) is 2. The highest BCUT2D eigenvalue weighted by Gasteiger charge is 2.12. The Kier molecular flexibility index (Phi) is 31.2. The maximum absolute atomic E-state index is 12.4. The smallest absolute Gasteiger partial charge is 0.159 e. The maximum atomic E-state index is 12.4. The molecule has 0 saturated heterocycles. The average molecular weight is 618 g/mol. The molecule has 0 amide bonds. The lowest BCUT2D eigenvalue weighted by Gasteiger charge is -2.13. The highest BCUT2D eigenvalue weighted by molar-refractivity contribution is 6.14. The molecule has 0 aliphatic carbocycles. The van der Waals surface area contributed by atoms with Gasteiger partial charge in [-0.2, -0.15) is 5.10 Å². The van der Waals surface area contributed by atoms with Crippen molar-refractivity contribution < 1.29 is 13.6 Å². The Bertz CT molecular complexity index is 1000. The molecule has 252 valence electrons. The fourth-order valence-corrected chi connectivity index (χ4v) is 3.50.